The molecule has 0 spiro atoms. The van der Waals surface area contributed by atoms with Crippen molar-refractivity contribution in [3.8, 4) is 0 Å². The standard InChI is InChI=1S/C16H15F2N5OS/c1-8-11(9(2)23-15(19-8)21-16(22-23)25-3)7-14(24)20-13-5-4-10(17)6-12(13)18/h4-6H,7H2,1-3H3,(H,20,24). The van der Waals surface area contributed by atoms with Crippen LogP contribution >= 0.6 is 11.8 Å². The first kappa shape index (κ1) is 17.3. The quantitative estimate of drug-likeness (QED) is 0.722. The molecule has 2 aromatic heterocycles. The Bertz CT molecular complexity index is 973. The minimum Gasteiger partial charge on any atom is -0.323 e. The van der Waals surface area contributed by atoms with Crippen LogP contribution in [-0.4, -0.2) is 31.7 Å². The highest BCUT2D eigenvalue weighted by Crippen LogP contribution is 2.19. The fourth-order valence-electron chi connectivity index (χ4n) is 2.48. The van der Waals surface area contributed by atoms with Crippen LogP contribution in [0.15, 0.2) is 23.4 Å². The number of nitrogens with zero attached hydrogens (tertiary/aromatic N) is 4. The van der Waals surface area contributed by atoms with Crippen LogP contribution in [0.25, 0.3) is 5.78 Å². The van der Waals surface area contributed by atoms with Crippen LogP contribution in [0.4, 0.5) is 14.5 Å². The summed E-state index contributed by atoms with van der Waals surface area (Å²) in [7, 11) is 0. The molecule has 1 aromatic carbocycles. The minimum atomic E-state index is -0.823. The van der Waals surface area contributed by atoms with Gasteiger partial charge in [0.2, 0.25) is 11.1 Å². The van der Waals surface area contributed by atoms with Crippen molar-refractivity contribution in [2.24, 2.45) is 0 Å². The molecule has 0 saturated heterocycles. The summed E-state index contributed by atoms with van der Waals surface area (Å²) in [5, 5.41) is 7.36. The molecule has 0 bridgehead atoms. The van der Waals surface area contributed by atoms with E-state index in [2.05, 4.69) is 20.4 Å². The van der Waals surface area contributed by atoms with E-state index in [0.717, 1.165) is 17.8 Å². The number of fused-ring (bicyclic) bond motifs is 1. The van der Waals surface area contributed by atoms with Gasteiger partial charge in [0.25, 0.3) is 5.78 Å². The Morgan fingerprint density at radius 2 is 2.04 bits per heavy atom. The van der Waals surface area contributed by atoms with Crippen LogP contribution in [0.5, 0.6) is 0 Å². The van der Waals surface area contributed by atoms with Gasteiger partial charge in [0, 0.05) is 23.0 Å². The smallest absolute Gasteiger partial charge is 0.253 e. The van der Waals surface area contributed by atoms with E-state index in [0.29, 0.717) is 22.2 Å². The van der Waals surface area contributed by atoms with Gasteiger partial charge in [0.05, 0.1) is 12.1 Å². The van der Waals surface area contributed by atoms with Crippen molar-refractivity contribution in [2.45, 2.75) is 25.4 Å². The molecule has 0 radical (unpaired) electrons. The molecule has 130 valence electrons. The summed E-state index contributed by atoms with van der Waals surface area (Å²) in [5.41, 5.74) is 2.01. The molecule has 2 heterocycles. The van der Waals surface area contributed by atoms with Crippen molar-refractivity contribution >= 4 is 29.1 Å². The average Bonchev–Trinajstić information content (AvgIpc) is 2.97. The zero-order chi connectivity index (χ0) is 18.1. The largest absolute Gasteiger partial charge is 0.323 e. The molecule has 0 unspecified atom stereocenters. The van der Waals surface area contributed by atoms with Crippen molar-refractivity contribution in [1.29, 1.82) is 0 Å². The molecule has 1 amide bonds. The highest BCUT2D eigenvalue weighted by Gasteiger charge is 2.17. The van der Waals surface area contributed by atoms with Crippen LogP contribution in [0, 0.1) is 25.5 Å². The number of aromatic nitrogens is 4. The predicted molar refractivity (Wildman–Crippen MR) is 90.7 cm³/mol. The molecule has 0 aliphatic rings. The Labute approximate surface area is 146 Å². The van der Waals surface area contributed by atoms with E-state index in [1.54, 1.807) is 11.4 Å². The number of aryl methyl sites for hydroxylation is 2. The number of halogens is 2. The Morgan fingerprint density at radius 3 is 2.72 bits per heavy atom. The summed E-state index contributed by atoms with van der Waals surface area (Å²) in [5.74, 6) is -1.49. The van der Waals surface area contributed by atoms with Crippen molar-refractivity contribution in [3.63, 3.8) is 0 Å². The van der Waals surface area contributed by atoms with Gasteiger partial charge in [-0.25, -0.2) is 18.3 Å². The monoisotopic (exact) mass is 363 g/mol. The maximum atomic E-state index is 13.7. The lowest BCUT2D eigenvalue weighted by molar-refractivity contribution is -0.115. The molecule has 0 aliphatic carbocycles. The first-order valence-corrected chi connectivity index (χ1v) is 8.63. The summed E-state index contributed by atoms with van der Waals surface area (Å²) < 4.78 is 28.2. The van der Waals surface area contributed by atoms with E-state index in [9.17, 15) is 13.6 Å². The molecule has 3 rings (SSSR count). The Balaban J connectivity index is 1.87. The molecular formula is C16H15F2N5OS. The highest BCUT2D eigenvalue weighted by molar-refractivity contribution is 7.98. The summed E-state index contributed by atoms with van der Waals surface area (Å²) >= 11 is 1.40. The number of hydrogen-bond donors (Lipinski definition) is 1. The van der Waals surface area contributed by atoms with Gasteiger partial charge in [-0.05, 0) is 32.2 Å². The third-order valence-corrected chi connectivity index (χ3v) is 4.29. The topological polar surface area (TPSA) is 72.2 Å². The number of carbonyl (C=O) groups is 1. The first-order valence-electron chi connectivity index (χ1n) is 7.40. The molecule has 0 aliphatic heterocycles. The third-order valence-electron chi connectivity index (χ3n) is 3.75. The Hall–Kier alpha value is -2.55. The number of hydrogen-bond acceptors (Lipinski definition) is 5. The number of anilines is 1. The molecule has 9 heteroatoms. The van der Waals surface area contributed by atoms with Gasteiger partial charge in [0.15, 0.2) is 0 Å². The molecule has 6 nitrogen and oxygen atoms in total. The molecule has 0 fully saturated rings. The maximum Gasteiger partial charge on any atom is 0.253 e. The van der Waals surface area contributed by atoms with Crippen molar-refractivity contribution in [2.75, 3.05) is 11.6 Å². The summed E-state index contributed by atoms with van der Waals surface area (Å²) in [6.45, 7) is 3.60. The number of nitrogens with one attached hydrogen (secondary N) is 1. The summed E-state index contributed by atoms with van der Waals surface area (Å²) in [4.78, 5) is 20.9. The third kappa shape index (κ3) is 3.46. The molecule has 0 atom stereocenters. The van der Waals surface area contributed by atoms with E-state index in [4.69, 9.17) is 0 Å². The van der Waals surface area contributed by atoms with E-state index < -0.39 is 17.5 Å². The second-order valence-electron chi connectivity index (χ2n) is 5.42. The van der Waals surface area contributed by atoms with Gasteiger partial charge in [-0.2, -0.15) is 4.98 Å². The Kier molecular flexibility index (Phi) is 4.67. The van der Waals surface area contributed by atoms with Gasteiger partial charge in [-0.1, -0.05) is 11.8 Å². The van der Waals surface area contributed by atoms with E-state index in [1.807, 2.05) is 13.2 Å². The molecule has 25 heavy (non-hydrogen) atoms. The van der Waals surface area contributed by atoms with Crippen LogP contribution < -0.4 is 5.32 Å². The minimum absolute atomic E-state index is 0.00805. The van der Waals surface area contributed by atoms with E-state index in [-0.39, 0.29) is 12.1 Å². The number of benzene rings is 1. The predicted octanol–water partition coefficient (Wildman–Crippen LogP) is 2.92. The van der Waals surface area contributed by atoms with Gasteiger partial charge >= 0.3 is 0 Å². The number of thioether (sulfide) groups is 1. The van der Waals surface area contributed by atoms with Crippen molar-refractivity contribution < 1.29 is 13.6 Å². The maximum absolute atomic E-state index is 13.7. The normalized spacial score (nSPS) is 11.1. The summed E-state index contributed by atoms with van der Waals surface area (Å²) in [6, 6.07) is 2.99. The second kappa shape index (κ2) is 6.75. The van der Waals surface area contributed by atoms with E-state index >= 15 is 0 Å². The molecule has 3 aromatic rings. The summed E-state index contributed by atoms with van der Waals surface area (Å²) in [6.07, 6.45) is 1.86. The van der Waals surface area contributed by atoms with E-state index in [1.165, 1.54) is 17.8 Å². The highest BCUT2D eigenvalue weighted by atomic mass is 32.2. The molecular weight excluding hydrogens is 348 g/mol. The van der Waals surface area contributed by atoms with Crippen LogP contribution in [-0.2, 0) is 11.2 Å². The van der Waals surface area contributed by atoms with Crippen molar-refractivity contribution in [3.05, 3.63) is 46.8 Å². The first-order chi connectivity index (χ1) is 11.9. The van der Waals surface area contributed by atoms with Gasteiger partial charge in [-0.3, -0.25) is 4.79 Å². The van der Waals surface area contributed by atoms with Crippen molar-refractivity contribution in [1.82, 2.24) is 19.6 Å². The Morgan fingerprint density at radius 1 is 1.28 bits per heavy atom. The second-order valence-corrected chi connectivity index (χ2v) is 6.19. The lowest BCUT2D eigenvalue weighted by Gasteiger charge is -2.11. The fourth-order valence-corrected chi connectivity index (χ4v) is 2.81. The van der Waals surface area contributed by atoms with Gasteiger partial charge < -0.3 is 5.32 Å². The van der Waals surface area contributed by atoms with Gasteiger partial charge in [-0.15, -0.1) is 5.10 Å². The SMILES string of the molecule is CSc1nc2nc(C)c(CC(=O)Nc3ccc(F)cc3F)c(C)n2n1. The fraction of sp³-hybridized carbons (Fsp3) is 0.250. The van der Waals surface area contributed by atoms with Crippen LogP contribution in [0.3, 0.4) is 0 Å². The molecule has 0 saturated carbocycles. The lowest BCUT2D eigenvalue weighted by Crippen LogP contribution is -2.18. The average molecular weight is 363 g/mol. The zero-order valence-electron chi connectivity index (χ0n) is 13.8. The number of amides is 1. The lowest BCUT2D eigenvalue weighted by atomic mass is 10.1. The number of rotatable bonds is 4. The van der Waals surface area contributed by atoms with Crippen LogP contribution in [0.1, 0.15) is 17.0 Å². The zero-order valence-corrected chi connectivity index (χ0v) is 14.6. The van der Waals surface area contributed by atoms with Crippen LogP contribution in [0.2, 0.25) is 0 Å². The number of carbonyl (C=O) groups excluding carboxylic acids is 1. The van der Waals surface area contributed by atoms with Gasteiger partial charge in [0.1, 0.15) is 11.6 Å². The molecule has 1 N–H and O–H groups in total.